The second-order valence-electron chi connectivity index (χ2n) is 6.96. The van der Waals surface area contributed by atoms with Crippen molar-refractivity contribution < 1.29 is 19.1 Å². The van der Waals surface area contributed by atoms with Gasteiger partial charge in [-0.15, -0.1) is 11.3 Å². The van der Waals surface area contributed by atoms with Gasteiger partial charge in [0.25, 0.3) is 0 Å². The van der Waals surface area contributed by atoms with Gasteiger partial charge in [0.15, 0.2) is 5.13 Å². The molecule has 0 radical (unpaired) electrons. The molecule has 0 spiro atoms. The lowest BCUT2D eigenvalue weighted by Gasteiger charge is -2.32. The van der Waals surface area contributed by atoms with Crippen LogP contribution in [0.4, 0.5) is 5.13 Å². The van der Waals surface area contributed by atoms with E-state index in [1.165, 1.54) is 11.3 Å². The monoisotopic (exact) mass is 415 g/mol. The van der Waals surface area contributed by atoms with E-state index in [1.54, 1.807) is 17.2 Å². The van der Waals surface area contributed by atoms with Crippen molar-refractivity contribution in [1.82, 2.24) is 9.88 Å². The average molecular weight is 416 g/mol. The molecule has 1 aromatic heterocycles. The van der Waals surface area contributed by atoms with Gasteiger partial charge in [-0.2, -0.15) is 0 Å². The molecule has 2 heterocycles. The molecule has 1 aromatic carbocycles. The van der Waals surface area contributed by atoms with Gasteiger partial charge in [0.1, 0.15) is 0 Å². The van der Waals surface area contributed by atoms with Crippen LogP contribution in [0.15, 0.2) is 35.7 Å². The highest BCUT2D eigenvalue weighted by Gasteiger charge is 2.29. The number of amides is 2. The molecule has 1 atom stereocenters. The van der Waals surface area contributed by atoms with Gasteiger partial charge >= 0.3 is 5.97 Å². The molecule has 8 heteroatoms. The van der Waals surface area contributed by atoms with Gasteiger partial charge < -0.3 is 15.0 Å². The average Bonchev–Trinajstić information content (AvgIpc) is 3.15. The lowest BCUT2D eigenvalue weighted by Crippen LogP contribution is -2.44. The fourth-order valence-corrected chi connectivity index (χ4v) is 4.03. The van der Waals surface area contributed by atoms with E-state index in [0.717, 1.165) is 18.4 Å². The summed E-state index contributed by atoms with van der Waals surface area (Å²) in [7, 11) is 0. The summed E-state index contributed by atoms with van der Waals surface area (Å²) in [5.74, 6) is -0.699. The molecule has 1 aliphatic rings. The van der Waals surface area contributed by atoms with Crippen molar-refractivity contribution in [3.63, 3.8) is 0 Å². The van der Waals surface area contributed by atoms with E-state index >= 15 is 0 Å². The number of rotatable bonds is 7. The molecule has 0 bridgehead atoms. The first-order valence-corrected chi connectivity index (χ1v) is 10.7. The molecule has 3 rings (SSSR count). The fourth-order valence-electron chi connectivity index (χ4n) is 3.31. The fraction of sp³-hybridized carbons (Fsp3) is 0.429. The predicted octanol–water partition coefficient (Wildman–Crippen LogP) is 2.67. The highest BCUT2D eigenvalue weighted by Crippen LogP contribution is 2.22. The number of carbonyl (C=O) groups excluding carboxylic acids is 3. The maximum absolute atomic E-state index is 12.7. The van der Waals surface area contributed by atoms with Crippen LogP contribution in [0, 0.1) is 5.92 Å². The standard InChI is InChI=1S/C21H25N3O4S/c1-2-28-19(26)12-17-14-29-21(22-17)23-20(27)16-9-6-10-24(13-16)18(25)11-15-7-4-3-5-8-15/h3-5,7-8,14,16H,2,6,9-13H2,1H3,(H,22,23,27). The number of nitrogens with zero attached hydrogens (tertiary/aromatic N) is 2. The summed E-state index contributed by atoms with van der Waals surface area (Å²) in [6.45, 7) is 3.17. The molecule has 1 fully saturated rings. The first kappa shape index (κ1) is 21.0. The van der Waals surface area contributed by atoms with Gasteiger partial charge in [-0.25, -0.2) is 4.98 Å². The molecule has 1 unspecified atom stereocenters. The van der Waals surface area contributed by atoms with Crippen LogP contribution >= 0.6 is 11.3 Å². The lowest BCUT2D eigenvalue weighted by molar-refractivity contribution is -0.142. The zero-order chi connectivity index (χ0) is 20.6. The molecular formula is C21H25N3O4S. The summed E-state index contributed by atoms with van der Waals surface area (Å²) in [5, 5.41) is 5.02. The van der Waals surface area contributed by atoms with E-state index in [4.69, 9.17) is 4.74 Å². The lowest BCUT2D eigenvalue weighted by atomic mass is 9.96. The Bertz CT molecular complexity index is 853. The number of piperidine rings is 1. The van der Waals surface area contributed by atoms with Crippen LogP contribution < -0.4 is 5.32 Å². The highest BCUT2D eigenvalue weighted by atomic mass is 32.1. The van der Waals surface area contributed by atoms with E-state index in [1.807, 2.05) is 30.3 Å². The maximum atomic E-state index is 12.7. The maximum Gasteiger partial charge on any atom is 0.311 e. The van der Waals surface area contributed by atoms with Crippen LogP contribution in [-0.2, 0) is 32.0 Å². The van der Waals surface area contributed by atoms with E-state index in [0.29, 0.717) is 36.9 Å². The van der Waals surface area contributed by atoms with E-state index < -0.39 is 0 Å². The van der Waals surface area contributed by atoms with Crippen molar-refractivity contribution in [2.75, 3.05) is 25.0 Å². The minimum atomic E-state index is -0.337. The Balaban J connectivity index is 1.52. The molecule has 1 saturated heterocycles. The van der Waals surface area contributed by atoms with Crippen molar-refractivity contribution in [2.45, 2.75) is 32.6 Å². The molecular weight excluding hydrogens is 390 g/mol. The number of likely N-dealkylation sites (tertiary alicyclic amines) is 1. The summed E-state index contributed by atoms with van der Waals surface area (Å²) >= 11 is 1.28. The smallest absolute Gasteiger partial charge is 0.311 e. The number of nitrogens with one attached hydrogen (secondary N) is 1. The Morgan fingerprint density at radius 3 is 2.79 bits per heavy atom. The summed E-state index contributed by atoms with van der Waals surface area (Å²) in [6.07, 6.45) is 1.97. The van der Waals surface area contributed by atoms with Crippen molar-refractivity contribution in [1.29, 1.82) is 0 Å². The van der Waals surface area contributed by atoms with Crippen LogP contribution in [0.2, 0.25) is 0 Å². The first-order chi connectivity index (χ1) is 14.0. The Hall–Kier alpha value is -2.74. The SMILES string of the molecule is CCOC(=O)Cc1csc(NC(=O)C2CCCN(C(=O)Cc3ccccc3)C2)n1. The summed E-state index contributed by atoms with van der Waals surface area (Å²) in [5.41, 5.74) is 1.55. The molecule has 0 saturated carbocycles. The summed E-state index contributed by atoms with van der Waals surface area (Å²) < 4.78 is 4.91. The van der Waals surface area contributed by atoms with Gasteiger partial charge in [-0.1, -0.05) is 30.3 Å². The second kappa shape index (κ2) is 10.2. The van der Waals surface area contributed by atoms with Crippen molar-refractivity contribution in [3.8, 4) is 0 Å². The van der Waals surface area contributed by atoms with Crippen molar-refractivity contribution in [3.05, 3.63) is 47.0 Å². The topological polar surface area (TPSA) is 88.6 Å². The number of ether oxygens (including phenoxy) is 1. The number of hydrogen-bond acceptors (Lipinski definition) is 6. The van der Waals surface area contributed by atoms with Crippen LogP contribution in [0.3, 0.4) is 0 Å². The summed E-state index contributed by atoms with van der Waals surface area (Å²) in [4.78, 5) is 42.8. The minimum absolute atomic E-state index is 0.0414. The molecule has 2 amide bonds. The van der Waals surface area contributed by atoms with Crippen LogP contribution in [-0.4, -0.2) is 47.4 Å². The van der Waals surface area contributed by atoms with E-state index in [-0.39, 0.29) is 30.1 Å². The normalized spacial score (nSPS) is 16.3. The molecule has 29 heavy (non-hydrogen) atoms. The Morgan fingerprint density at radius 1 is 1.24 bits per heavy atom. The number of carbonyl (C=O) groups is 3. The van der Waals surface area contributed by atoms with E-state index in [9.17, 15) is 14.4 Å². The predicted molar refractivity (Wildman–Crippen MR) is 111 cm³/mol. The second-order valence-corrected chi connectivity index (χ2v) is 7.81. The number of benzene rings is 1. The Labute approximate surface area is 174 Å². The quantitative estimate of drug-likeness (QED) is 0.703. The third-order valence-electron chi connectivity index (χ3n) is 4.76. The zero-order valence-electron chi connectivity index (χ0n) is 16.4. The highest BCUT2D eigenvalue weighted by molar-refractivity contribution is 7.13. The zero-order valence-corrected chi connectivity index (χ0v) is 17.2. The molecule has 0 aliphatic carbocycles. The largest absolute Gasteiger partial charge is 0.466 e. The van der Waals surface area contributed by atoms with Crippen LogP contribution in [0.1, 0.15) is 31.0 Å². The number of anilines is 1. The number of aromatic nitrogens is 1. The summed E-state index contributed by atoms with van der Waals surface area (Å²) in [6, 6.07) is 9.62. The van der Waals surface area contributed by atoms with Gasteiger partial charge in [-0.3, -0.25) is 14.4 Å². The van der Waals surface area contributed by atoms with Crippen molar-refractivity contribution in [2.24, 2.45) is 5.92 Å². The number of hydrogen-bond donors (Lipinski definition) is 1. The Kier molecular flexibility index (Phi) is 7.35. The molecule has 1 aliphatic heterocycles. The van der Waals surface area contributed by atoms with Crippen molar-refractivity contribution >= 4 is 34.3 Å². The van der Waals surface area contributed by atoms with Gasteiger partial charge in [0.05, 0.1) is 31.1 Å². The van der Waals surface area contributed by atoms with E-state index in [2.05, 4.69) is 10.3 Å². The third-order valence-corrected chi connectivity index (χ3v) is 5.56. The van der Waals surface area contributed by atoms with Gasteiger partial charge in [0.2, 0.25) is 11.8 Å². The molecule has 2 aromatic rings. The Morgan fingerprint density at radius 2 is 2.03 bits per heavy atom. The number of thiazole rings is 1. The molecule has 154 valence electrons. The van der Waals surface area contributed by atoms with Gasteiger partial charge in [-0.05, 0) is 25.3 Å². The number of esters is 1. The van der Waals surface area contributed by atoms with Crippen LogP contribution in [0.5, 0.6) is 0 Å². The first-order valence-electron chi connectivity index (χ1n) is 9.77. The third kappa shape index (κ3) is 6.12. The molecule has 7 nitrogen and oxygen atoms in total. The van der Waals surface area contributed by atoms with Crippen LogP contribution in [0.25, 0.3) is 0 Å². The molecule has 1 N–H and O–H groups in total. The van der Waals surface area contributed by atoms with Gasteiger partial charge in [0, 0.05) is 18.5 Å². The minimum Gasteiger partial charge on any atom is -0.466 e.